The van der Waals surface area contributed by atoms with Crippen LogP contribution in [0.2, 0.25) is 0 Å². The molecule has 2 aromatic rings. The highest BCUT2D eigenvalue weighted by Crippen LogP contribution is 2.09. The van der Waals surface area contributed by atoms with Gasteiger partial charge in [-0.1, -0.05) is 38.0 Å². The Morgan fingerprint density at radius 2 is 2.13 bits per heavy atom. The number of hydrogen-bond donors (Lipinski definition) is 2. The minimum absolute atomic E-state index is 0.0593. The second-order valence-corrected chi connectivity index (χ2v) is 5.77. The zero-order valence-corrected chi connectivity index (χ0v) is 13.7. The van der Waals surface area contributed by atoms with Crippen LogP contribution < -0.4 is 11.1 Å². The molecule has 1 unspecified atom stereocenters. The summed E-state index contributed by atoms with van der Waals surface area (Å²) in [4.78, 5) is 12.0. The van der Waals surface area contributed by atoms with Gasteiger partial charge in [0.2, 0.25) is 5.91 Å². The number of carbonyl (C=O) groups excluding carboxylic acids is 1. The van der Waals surface area contributed by atoms with Gasteiger partial charge in [-0.05, 0) is 30.5 Å². The molecule has 0 saturated carbocycles. The van der Waals surface area contributed by atoms with Crippen LogP contribution in [0.1, 0.15) is 38.2 Å². The van der Waals surface area contributed by atoms with Gasteiger partial charge in [0.1, 0.15) is 0 Å². The monoisotopic (exact) mass is 314 g/mol. The third kappa shape index (κ3) is 5.53. The maximum atomic E-state index is 12.0. The molecule has 0 spiro atoms. The van der Waals surface area contributed by atoms with E-state index in [1.165, 1.54) is 0 Å². The molecule has 3 N–H and O–H groups in total. The van der Waals surface area contributed by atoms with Gasteiger partial charge < -0.3 is 11.1 Å². The Balaban J connectivity index is 1.82. The fourth-order valence-corrected chi connectivity index (χ4v) is 2.47. The molecule has 5 nitrogen and oxygen atoms in total. The van der Waals surface area contributed by atoms with Gasteiger partial charge in [-0.3, -0.25) is 4.79 Å². The molecule has 0 fully saturated rings. The first-order valence-corrected chi connectivity index (χ1v) is 8.31. The molecule has 124 valence electrons. The first kappa shape index (κ1) is 17.2. The number of aryl methyl sites for hydroxylation is 1. The van der Waals surface area contributed by atoms with Crippen molar-refractivity contribution in [2.75, 3.05) is 6.54 Å². The van der Waals surface area contributed by atoms with Crippen LogP contribution in [0.5, 0.6) is 0 Å². The summed E-state index contributed by atoms with van der Waals surface area (Å²) in [5.41, 5.74) is 7.79. The summed E-state index contributed by atoms with van der Waals surface area (Å²) in [6, 6.07) is 10.0. The van der Waals surface area contributed by atoms with Gasteiger partial charge >= 0.3 is 0 Å². The Morgan fingerprint density at radius 3 is 2.83 bits per heavy atom. The number of amides is 1. The molecule has 1 aromatic heterocycles. The third-order valence-corrected chi connectivity index (χ3v) is 3.85. The zero-order valence-electron chi connectivity index (χ0n) is 13.7. The highest BCUT2D eigenvalue weighted by molar-refractivity contribution is 5.76. The smallest absolute Gasteiger partial charge is 0.220 e. The van der Waals surface area contributed by atoms with E-state index < -0.39 is 0 Å². The number of unbranched alkanes of at least 4 members (excludes halogenated alkanes) is 1. The lowest BCUT2D eigenvalue weighted by Gasteiger charge is -2.16. The maximum Gasteiger partial charge on any atom is 0.220 e. The predicted octanol–water partition coefficient (Wildman–Crippen LogP) is 2.44. The van der Waals surface area contributed by atoms with Crippen LogP contribution in [-0.2, 0) is 11.2 Å². The van der Waals surface area contributed by atoms with E-state index in [-0.39, 0.29) is 11.9 Å². The predicted molar refractivity (Wildman–Crippen MR) is 92.4 cm³/mol. The van der Waals surface area contributed by atoms with Crippen molar-refractivity contribution in [2.45, 2.75) is 45.1 Å². The van der Waals surface area contributed by atoms with Gasteiger partial charge in [-0.15, -0.1) is 0 Å². The Morgan fingerprint density at radius 1 is 1.35 bits per heavy atom. The summed E-state index contributed by atoms with van der Waals surface area (Å²) in [5, 5.41) is 7.37. The summed E-state index contributed by atoms with van der Waals surface area (Å²) in [5.74, 6) is 0.0593. The second kappa shape index (κ2) is 9.10. The van der Waals surface area contributed by atoms with Gasteiger partial charge in [-0.2, -0.15) is 5.10 Å². The van der Waals surface area contributed by atoms with Crippen LogP contribution in [0.3, 0.4) is 0 Å². The molecule has 0 aliphatic carbocycles. The molecule has 1 aromatic carbocycles. The van der Waals surface area contributed by atoms with Crippen molar-refractivity contribution in [1.82, 2.24) is 15.1 Å². The average molecular weight is 314 g/mol. The lowest BCUT2D eigenvalue weighted by molar-refractivity contribution is -0.121. The molecule has 1 amide bonds. The summed E-state index contributed by atoms with van der Waals surface area (Å²) in [6.07, 6.45) is 8.09. The molecule has 1 heterocycles. The van der Waals surface area contributed by atoms with Crippen molar-refractivity contribution in [3.63, 3.8) is 0 Å². The molecule has 2 rings (SSSR count). The minimum atomic E-state index is 0.0593. The number of aromatic nitrogens is 2. The van der Waals surface area contributed by atoms with Crippen LogP contribution in [0.4, 0.5) is 0 Å². The Labute approximate surface area is 137 Å². The molecule has 0 radical (unpaired) electrons. The SMILES string of the molecule is CCCCC(CN)NC(=O)CCc1cnn(-c2ccccc2)c1. The lowest BCUT2D eigenvalue weighted by Crippen LogP contribution is -2.40. The van der Waals surface area contributed by atoms with Gasteiger partial charge in [-0.25, -0.2) is 4.68 Å². The van der Waals surface area contributed by atoms with Gasteiger partial charge in [0.05, 0.1) is 11.9 Å². The van der Waals surface area contributed by atoms with E-state index in [9.17, 15) is 4.79 Å². The Hall–Kier alpha value is -2.14. The first-order chi connectivity index (χ1) is 11.2. The van der Waals surface area contributed by atoms with Gasteiger partial charge in [0, 0.05) is 25.2 Å². The van der Waals surface area contributed by atoms with E-state index in [0.29, 0.717) is 19.4 Å². The summed E-state index contributed by atoms with van der Waals surface area (Å²) >= 11 is 0. The summed E-state index contributed by atoms with van der Waals surface area (Å²) in [6.45, 7) is 2.64. The molecule has 0 aliphatic heterocycles. The van der Waals surface area contributed by atoms with Crippen LogP contribution >= 0.6 is 0 Å². The molecule has 1 atom stereocenters. The van der Waals surface area contributed by atoms with Crippen LogP contribution in [0, 0.1) is 0 Å². The van der Waals surface area contributed by atoms with Crippen molar-refractivity contribution < 1.29 is 4.79 Å². The fourth-order valence-electron chi connectivity index (χ4n) is 2.47. The topological polar surface area (TPSA) is 72.9 Å². The number of nitrogens with two attached hydrogens (primary N) is 1. The lowest BCUT2D eigenvalue weighted by atomic mass is 10.1. The number of nitrogens with zero attached hydrogens (tertiary/aromatic N) is 2. The standard InChI is InChI=1S/C18H26N4O/c1-2-3-7-16(12-19)21-18(23)11-10-15-13-20-22(14-15)17-8-5-4-6-9-17/h4-6,8-9,13-14,16H,2-3,7,10-12,19H2,1H3,(H,21,23). The van der Waals surface area contributed by atoms with Crippen molar-refractivity contribution in [3.8, 4) is 5.69 Å². The number of hydrogen-bond acceptors (Lipinski definition) is 3. The van der Waals surface area contributed by atoms with E-state index in [4.69, 9.17) is 5.73 Å². The largest absolute Gasteiger partial charge is 0.352 e. The molecular formula is C18H26N4O. The number of carbonyl (C=O) groups is 1. The van der Waals surface area contributed by atoms with Crippen molar-refractivity contribution in [2.24, 2.45) is 5.73 Å². The summed E-state index contributed by atoms with van der Waals surface area (Å²) < 4.78 is 1.83. The van der Waals surface area contributed by atoms with Crippen LogP contribution in [0.25, 0.3) is 5.69 Å². The van der Waals surface area contributed by atoms with E-state index in [2.05, 4.69) is 17.3 Å². The Bertz CT molecular complexity index is 594. The summed E-state index contributed by atoms with van der Waals surface area (Å²) in [7, 11) is 0. The molecule has 23 heavy (non-hydrogen) atoms. The zero-order chi connectivity index (χ0) is 16.5. The number of benzene rings is 1. The molecule has 0 bridgehead atoms. The fraction of sp³-hybridized carbons (Fsp3) is 0.444. The van der Waals surface area contributed by atoms with E-state index in [1.807, 2.05) is 47.4 Å². The molecule has 5 heteroatoms. The van der Waals surface area contributed by atoms with Gasteiger partial charge in [0.25, 0.3) is 0 Å². The van der Waals surface area contributed by atoms with Crippen LogP contribution in [-0.4, -0.2) is 28.3 Å². The average Bonchev–Trinajstić information content (AvgIpc) is 3.06. The van der Waals surface area contributed by atoms with Gasteiger partial charge in [0.15, 0.2) is 0 Å². The van der Waals surface area contributed by atoms with Crippen molar-refractivity contribution in [1.29, 1.82) is 0 Å². The molecule has 0 aliphatic rings. The van der Waals surface area contributed by atoms with E-state index in [0.717, 1.165) is 30.5 Å². The first-order valence-electron chi connectivity index (χ1n) is 8.31. The van der Waals surface area contributed by atoms with Crippen molar-refractivity contribution >= 4 is 5.91 Å². The highest BCUT2D eigenvalue weighted by Gasteiger charge is 2.10. The number of nitrogens with one attached hydrogen (secondary N) is 1. The quantitative estimate of drug-likeness (QED) is 0.746. The number of rotatable bonds is 9. The second-order valence-electron chi connectivity index (χ2n) is 5.77. The van der Waals surface area contributed by atoms with E-state index >= 15 is 0 Å². The normalized spacial score (nSPS) is 12.1. The minimum Gasteiger partial charge on any atom is -0.352 e. The maximum absolute atomic E-state index is 12.0. The number of para-hydroxylation sites is 1. The molecule has 0 saturated heterocycles. The van der Waals surface area contributed by atoms with Crippen LogP contribution in [0.15, 0.2) is 42.7 Å². The Kier molecular flexibility index (Phi) is 6.81. The van der Waals surface area contributed by atoms with Crippen molar-refractivity contribution in [3.05, 3.63) is 48.3 Å². The third-order valence-electron chi connectivity index (χ3n) is 3.85. The molecular weight excluding hydrogens is 288 g/mol. The van der Waals surface area contributed by atoms with E-state index in [1.54, 1.807) is 0 Å². The highest BCUT2D eigenvalue weighted by atomic mass is 16.1.